The molecule has 3 heteroatoms. The van der Waals surface area contributed by atoms with E-state index in [1.165, 1.54) is 22.3 Å². The summed E-state index contributed by atoms with van der Waals surface area (Å²) in [7, 11) is 0. The highest BCUT2D eigenvalue weighted by Crippen LogP contribution is 2.14. The quantitative estimate of drug-likeness (QED) is 0.424. The van der Waals surface area contributed by atoms with Gasteiger partial charge in [-0.05, 0) is 73.6 Å². The molecule has 0 aliphatic carbocycles. The van der Waals surface area contributed by atoms with Crippen LogP contribution >= 0.6 is 0 Å². The topological polar surface area (TPSA) is 49.7 Å². The molecule has 150 valence electrons. The van der Waals surface area contributed by atoms with E-state index in [1.54, 1.807) is 0 Å². The summed E-state index contributed by atoms with van der Waals surface area (Å²) in [5.74, 6) is 0. The van der Waals surface area contributed by atoms with Gasteiger partial charge in [-0.25, -0.2) is 0 Å². The highest BCUT2D eigenvalue weighted by Gasteiger charge is 2.09. The number of ether oxygens (including phenoxy) is 1. The van der Waals surface area contributed by atoms with Crippen molar-refractivity contribution >= 4 is 0 Å². The number of aliphatic hydroxyl groups is 2. The number of hydrogen-bond donors (Lipinski definition) is 2. The molecule has 0 rings (SSSR count). The van der Waals surface area contributed by atoms with Crippen LogP contribution in [-0.2, 0) is 4.74 Å². The predicted molar refractivity (Wildman–Crippen MR) is 112 cm³/mol. The zero-order valence-electron chi connectivity index (χ0n) is 17.7. The van der Waals surface area contributed by atoms with Crippen molar-refractivity contribution < 1.29 is 14.9 Å². The van der Waals surface area contributed by atoms with Crippen LogP contribution in [0.15, 0.2) is 46.6 Å². The minimum absolute atomic E-state index is 0.0682. The van der Waals surface area contributed by atoms with E-state index in [1.807, 2.05) is 0 Å². The van der Waals surface area contributed by atoms with E-state index < -0.39 is 6.10 Å². The highest BCUT2D eigenvalue weighted by molar-refractivity contribution is 5.09. The average Bonchev–Trinajstić information content (AvgIpc) is 2.56. The second kappa shape index (κ2) is 15.0. The molecule has 0 radical (unpaired) electrons. The maximum Gasteiger partial charge on any atom is 0.100 e. The summed E-state index contributed by atoms with van der Waals surface area (Å²) >= 11 is 0. The summed E-state index contributed by atoms with van der Waals surface area (Å²) in [6, 6.07) is 0. The summed E-state index contributed by atoms with van der Waals surface area (Å²) < 4.78 is 5.83. The van der Waals surface area contributed by atoms with Gasteiger partial charge in [-0.2, -0.15) is 0 Å². The van der Waals surface area contributed by atoms with Crippen molar-refractivity contribution in [3.05, 3.63) is 46.6 Å². The first-order valence-electron chi connectivity index (χ1n) is 9.74. The normalized spacial score (nSPS) is 14.8. The van der Waals surface area contributed by atoms with Crippen LogP contribution in [0.4, 0.5) is 0 Å². The first kappa shape index (κ1) is 24.8. The Kier molecular flexibility index (Phi) is 14.3. The lowest BCUT2D eigenvalue weighted by Crippen LogP contribution is -2.23. The van der Waals surface area contributed by atoms with Crippen molar-refractivity contribution in [3.63, 3.8) is 0 Å². The third-order valence-corrected chi connectivity index (χ3v) is 4.06. The minimum Gasteiger partial charge on any atom is -0.394 e. The fourth-order valence-electron chi connectivity index (χ4n) is 2.47. The van der Waals surface area contributed by atoms with Gasteiger partial charge in [0.05, 0.1) is 19.3 Å². The Labute approximate surface area is 161 Å². The van der Waals surface area contributed by atoms with Crippen molar-refractivity contribution in [1.29, 1.82) is 0 Å². The first-order valence-corrected chi connectivity index (χ1v) is 9.74. The SMILES string of the molecule is CC(C)=CCC/C(C)=C/CC(/C=C(\C)CCC=C(C)C)OC[C@@H](O)CO. The van der Waals surface area contributed by atoms with Crippen molar-refractivity contribution in [2.75, 3.05) is 13.2 Å². The molecule has 2 atom stereocenters. The summed E-state index contributed by atoms with van der Waals surface area (Å²) in [6.45, 7) is 12.6. The Morgan fingerprint density at radius 2 is 1.38 bits per heavy atom. The Bertz CT molecular complexity index is 490. The average molecular weight is 365 g/mol. The van der Waals surface area contributed by atoms with Crippen molar-refractivity contribution in [2.45, 2.75) is 85.9 Å². The van der Waals surface area contributed by atoms with E-state index in [0.717, 1.165) is 32.1 Å². The number of aliphatic hydroxyl groups excluding tert-OH is 2. The van der Waals surface area contributed by atoms with Crippen LogP contribution in [0.2, 0.25) is 0 Å². The molecule has 26 heavy (non-hydrogen) atoms. The monoisotopic (exact) mass is 364 g/mol. The molecule has 0 bridgehead atoms. The molecular formula is C23H40O3. The van der Waals surface area contributed by atoms with E-state index in [2.05, 4.69) is 65.8 Å². The molecule has 0 aromatic carbocycles. The van der Waals surface area contributed by atoms with Gasteiger partial charge in [-0.15, -0.1) is 0 Å². The van der Waals surface area contributed by atoms with E-state index in [4.69, 9.17) is 9.84 Å². The zero-order chi connectivity index (χ0) is 19.9. The van der Waals surface area contributed by atoms with Gasteiger partial charge >= 0.3 is 0 Å². The first-order chi connectivity index (χ1) is 12.2. The number of hydrogen-bond acceptors (Lipinski definition) is 3. The molecule has 0 aliphatic rings. The van der Waals surface area contributed by atoms with Gasteiger partial charge in [0, 0.05) is 0 Å². The molecule has 0 spiro atoms. The Morgan fingerprint density at radius 3 is 1.88 bits per heavy atom. The highest BCUT2D eigenvalue weighted by atomic mass is 16.5. The Hall–Kier alpha value is -1.16. The molecule has 0 fully saturated rings. The van der Waals surface area contributed by atoms with E-state index in [0.29, 0.717) is 0 Å². The van der Waals surface area contributed by atoms with Crippen molar-refractivity contribution in [1.82, 2.24) is 0 Å². The lowest BCUT2D eigenvalue weighted by Gasteiger charge is -2.17. The van der Waals surface area contributed by atoms with Crippen LogP contribution in [0.3, 0.4) is 0 Å². The summed E-state index contributed by atoms with van der Waals surface area (Å²) in [5, 5.41) is 18.6. The van der Waals surface area contributed by atoms with Crippen LogP contribution in [0.25, 0.3) is 0 Å². The lowest BCUT2D eigenvalue weighted by molar-refractivity contribution is -0.0131. The predicted octanol–water partition coefficient (Wildman–Crippen LogP) is 5.50. The van der Waals surface area contributed by atoms with Gasteiger partial charge in [0.2, 0.25) is 0 Å². The zero-order valence-corrected chi connectivity index (χ0v) is 17.7. The lowest BCUT2D eigenvalue weighted by atomic mass is 10.0. The smallest absolute Gasteiger partial charge is 0.100 e. The summed E-state index contributed by atoms with van der Waals surface area (Å²) in [5.41, 5.74) is 5.34. The molecule has 0 amide bonds. The fourth-order valence-corrected chi connectivity index (χ4v) is 2.47. The summed E-state index contributed by atoms with van der Waals surface area (Å²) in [6.07, 6.45) is 13.0. The van der Waals surface area contributed by atoms with Gasteiger partial charge in [0.1, 0.15) is 6.10 Å². The van der Waals surface area contributed by atoms with Gasteiger partial charge in [0.25, 0.3) is 0 Å². The largest absolute Gasteiger partial charge is 0.394 e. The Morgan fingerprint density at radius 1 is 0.846 bits per heavy atom. The molecule has 0 heterocycles. The van der Waals surface area contributed by atoms with Crippen LogP contribution in [0, 0.1) is 0 Å². The second-order valence-corrected chi connectivity index (χ2v) is 7.65. The van der Waals surface area contributed by atoms with Crippen LogP contribution in [-0.4, -0.2) is 35.6 Å². The maximum atomic E-state index is 9.56. The van der Waals surface area contributed by atoms with Gasteiger partial charge < -0.3 is 14.9 Å². The van der Waals surface area contributed by atoms with Crippen LogP contribution in [0.5, 0.6) is 0 Å². The summed E-state index contributed by atoms with van der Waals surface area (Å²) in [4.78, 5) is 0. The second-order valence-electron chi connectivity index (χ2n) is 7.65. The molecule has 2 N–H and O–H groups in total. The van der Waals surface area contributed by atoms with Crippen LogP contribution < -0.4 is 0 Å². The third kappa shape index (κ3) is 15.1. The van der Waals surface area contributed by atoms with E-state index in [-0.39, 0.29) is 19.3 Å². The molecule has 0 aliphatic heterocycles. The van der Waals surface area contributed by atoms with E-state index >= 15 is 0 Å². The number of rotatable bonds is 13. The molecule has 1 unspecified atom stereocenters. The van der Waals surface area contributed by atoms with Gasteiger partial charge in [-0.1, -0.05) is 46.6 Å². The molecule has 0 aromatic heterocycles. The minimum atomic E-state index is -0.820. The molecule has 0 saturated heterocycles. The molecule has 3 nitrogen and oxygen atoms in total. The standard InChI is InChI=1S/C23H40O3/c1-18(2)9-7-11-20(5)13-14-23(26-17-22(25)16-24)15-21(6)12-8-10-19(3)4/h9-10,13,15,22-25H,7-8,11-12,14,16-17H2,1-6H3/b20-13+,21-15+/t22-,23?/m0/s1. The number of allylic oxidation sites excluding steroid dienone is 6. The molecule has 0 saturated carbocycles. The van der Waals surface area contributed by atoms with Crippen LogP contribution in [0.1, 0.15) is 73.6 Å². The maximum absolute atomic E-state index is 9.56. The fraction of sp³-hybridized carbons (Fsp3) is 0.652. The van der Waals surface area contributed by atoms with Crippen molar-refractivity contribution in [3.8, 4) is 0 Å². The van der Waals surface area contributed by atoms with Gasteiger partial charge in [-0.3, -0.25) is 0 Å². The van der Waals surface area contributed by atoms with Gasteiger partial charge in [0.15, 0.2) is 0 Å². The molecular weight excluding hydrogens is 324 g/mol. The van der Waals surface area contributed by atoms with Crippen molar-refractivity contribution in [2.24, 2.45) is 0 Å². The van der Waals surface area contributed by atoms with E-state index in [9.17, 15) is 5.11 Å². The Balaban J connectivity index is 4.76. The third-order valence-electron chi connectivity index (χ3n) is 4.06. The molecule has 0 aromatic rings.